The molecule has 0 heterocycles. The van der Waals surface area contributed by atoms with E-state index in [-0.39, 0.29) is 26.1 Å². The highest BCUT2D eigenvalue weighted by molar-refractivity contribution is 7.93. The lowest BCUT2D eigenvalue weighted by Crippen LogP contribution is -2.15. The second kappa shape index (κ2) is 11.1. The number of hydrogen-bond donors (Lipinski definition) is 3. The Balaban J connectivity index is 1.42. The van der Waals surface area contributed by atoms with Crippen molar-refractivity contribution in [2.75, 3.05) is 21.9 Å². The summed E-state index contributed by atoms with van der Waals surface area (Å²) in [7, 11) is -6.16. The fraction of sp³-hybridized carbons (Fsp3) is 0.0385. The van der Waals surface area contributed by atoms with Crippen LogP contribution in [-0.2, 0) is 20.0 Å². The topological polar surface area (TPSA) is 131 Å². The second-order valence-corrected chi connectivity index (χ2v) is 11.7. The molecule has 0 atom stereocenters. The van der Waals surface area contributed by atoms with Crippen LogP contribution in [-0.4, -0.2) is 29.9 Å². The number of halogens is 1. The highest BCUT2D eigenvalue weighted by atomic mass is 35.5. The molecule has 38 heavy (non-hydrogen) atoms. The van der Waals surface area contributed by atoms with Gasteiger partial charge in [0.25, 0.3) is 26.0 Å². The molecule has 0 fully saturated rings. The molecule has 0 aromatic heterocycles. The van der Waals surface area contributed by atoms with E-state index >= 15 is 0 Å². The van der Waals surface area contributed by atoms with E-state index in [0.29, 0.717) is 17.1 Å². The Morgan fingerprint density at radius 1 is 0.684 bits per heavy atom. The molecule has 12 heteroatoms. The molecule has 4 aromatic carbocycles. The normalized spacial score (nSPS) is 11.4. The largest absolute Gasteiger partial charge is 0.497 e. The molecule has 0 aliphatic rings. The molecule has 0 aliphatic carbocycles. The average Bonchev–Trinajstić information content (AvgIpc) is 2.89. The van der Waals surface area contributed by atoms with Gasteiger partial charge in [0, 0.05) is 11.4 Å². The predicted molar refractivity (Wildman–Crippen MR) is 147 cm³/mol. The molecular formula is C26H22ClN3O6S2. The van der Waals surface area contributed by atoms with Gasteiger partial charge in [-0.25, -0.2) is 16.8 Å². The summed E-state index contributed by atoms with van der Waals surface area (Å²) in [5.41, 5.74) is 0.997. The lowest BCUT2D eigenvalue weighted by Gasteiger charge is -2.12. The molecule has 1 amide bonds. The summed E-state index contributed by atoms with van der Waals surface area (Å²) in [6, 6.07) is 24.0. The Kier molecular flexibility index (Phi) is 7.91. The van der Waals surface area contributed by atoms with E-state index in [2.05, 4.69) is 14.8 Å². The zero-order valence-electron chi connectivity index (χ0n) is 19.9. The molecule has 3 N–H and O–H groups in total. The van der Waals surface area contributed by atoms with E-state index in [1.165, 1.54) is 61.7 Å². The Bertz CT molecular complexity index is 1660. The van der Waals surface area contributed by atoms with Crippen LogP contribution in [0.5, 0.6) is 5.75 Å². The number of methoxy groups -OCH3 is 1. The molecule has 0 saturated carbocycles. The summed E-state index contributed by atoms with van der Waals surface area (Å²) in [6.45, 7) is 0. The molecule has 0 bridgehead atoms. The number of rotatable bonds is 9. The molecule has 0 saturated heterocycles. The molecule has 196 valence electrons. The molecular weight excluding hydrogens is 550 g/mol. The molecule has 0 aliphatic heterocycles. The molecule has 0 spiro atoms. The van der Waals surface area contributed by atoms with Crippen molar-refractivity contribution in [1.29, 1.82) is 0 Å². The van der Waals surface area contributed by atoms with Crippen molar-refractivity contribution in [2.24, 2.45) is 0 Å². The van der Waals surface area contributed by atoms with Crippen LogP contribution in [0.25, 0.3) is 0 Å². The number of benzene rings is 4. The maximum Gasteiger partial charge on any atom is 0.261 e. The number of amides is 1. The van der Waals surface area contributed by atoms with Crippen molar-refractivity contribution in [3.05, 3.63) is 108 Å². The summed E-state index contributed by atoms with van der Waals surface area (Å²) in [4.78, 5) is 12.8. The second-order valence-electron chi connectivity index (χ2n) is 7.93. The molecule has 0 radical (unpaired) electrons. The van der Waals surface area contributed by atoms with Crippen LogP contribution in [0.15, 0.2) is 107 Å². The van der Waals surface area contributed by atoms with Gasteiger partial charge in [-0.15, -0.1) is 0 Å². The van der Waals surface area contributed by atoms with Gasteiger partial charge < -0.3 is 10.1 Å². The number of hydrogen-bond acceptors (Lipinski definition) is 6. The zero-order chi connectivity index (χ0) is 27.3. The first kappa shape index (κ1) is 27.0. The van der Waals surface area contributed by atoms with Crippen molar-refractivity contribution in [1.82, 2.24) is 0 Å². The van der Waals surface area contributed by atoms with Gasteiger partial charge in [0.15, 0.2) is 0 Å². The van der Waals surface area contributed by atoms with Crippen molar-refractivity contribution in [3.8, 4) is 5.75 Å². The van der Waals surface area contributed by atoms with E-state index in [1.54, 1.807) is 42.5 Å². The first-order chi connectivity index (χ1) is 18.1. The minimum absolute atomic E-state index is 0.000554. The Morgan fingerprint density at radius 3 is 1.79 bits per heavy atom. The van der Waals surface area contributed by atoms with Crippen LogP contribution < -0.4 is 19.5 Å². The zero-order valence-corrected chi connectivity index (χ0v) is 22.3. The lowest BCUT2D eigenvalue weighted by molar-refractivity contribution is 0.102. The quantitative estimate of drug-likeness (QED) is 0.253. The summed E-state index contributed by atoms with van der Waals surface area (Å²) < 4.78 is 60.3. The van der Waals surface area contributed by atoms with Crippen molar-refractivity contribution < 1.29 is 26.4 Å². The van der Waals surface area contributed by atoms with Gasteiger partial charge in [-0.05, 0) is 78.9 Å². The van der Waals surface area contributed by atoms with Crippen LogP contribution in [0.4, 0.5) is 17.1 Å². The van der Waals surface area contributed by atoms with Gasteiger partial charge in [0.05, 0.1) is 33.2 Å². The van der Waals surface area contributed by atoms with Crippen LogP contribution in [0.2, 0.25) is 5.02 Å². The standard InChI is InChI=1S/C26H22ClN3O6S2/c1-36-21-12-7-19(8-13-21)29-38(34,35)23-14-9-18(10-15-23)28-26(31)24-16-11-20(17-25(24)27)30-37(32,33)22-5-3-2-4-6-22/h2-17,29-30H,1H3,(H,28,31). The predicted octanol–water partition coefficient (Wildman–Crippen LogP) is 5.20. The summed E-state index contributed by atoms with van der Waals surface area (Å²) in [6.07, 6.45) is 0. The number of sulfonamides is 2. The Labute approximate surface area is 225 Å². The highest BCUT2D eigenvalue weighted by Gasteiger charge is 2.18. The van der Waals surface area contributed by atoms with Gasteiger partial charge in [0.1, 0.15) is 5.75 Å². The van der Waals surface area contributed by atoms with Gasteiger partial charge >= 0.3 is 0 Å². The van der Waals surface area contributed by atoms with Gasteiger partial charge in [-0.1, -0.05) is 29.8 Å². The number of anilines is 3. The van der Waals surface area contributed by atoms with E-state index in [9.17, 15) is 21.6 Å². The van der Waals surface area contributed by atoms with Crippen LogP contribution in [0.1, 0.15) is 10.4 Å². The van der Waals surface area contributed by atoms with E-state index in [0.717, 1.165) is 0 Å². The number of ether oxygens (including phenoxy) is 1. The summed E-state index contributed by atoms with van der Waals surface area (Å²) in [5.74, 6) is 0.0377. The third-order valence-electron chi connectivity index (χ3n) is 5.28. The minimum atomic E-state index is -3.86. The summed E-state index contributed by atoms with van der Waals surface area (Å²) >= 11 is 6.26. The smallest absolute Gasteiger partial charge is 0.261 e. The number of carbonyl (C=O) groups is 1. The highest BCUT2D eigenvalue weighted by Crippen LogP contribution is 2.25. The van der Waals surface area contributed by atoms with E-state index < -0.39 is 26.0 Å². The van der Waals surface area contributed by atoms with Crippen LogP contribution in [0, 0.1) is 0 Å². The van der Waals surface area contributed by atoms with Crippen molar-refractivity contribution >= 4 is 54.6 Å². The average molecular weight is 572 g/mol. The monoisotopic (exact) mass is 571 g/mol. The molecule has 4 rings (SSSR count). The minimum Gasteiger partial charge on any atom is -0.497 e. The van der Waals surface area contributed by atoms with E-state index in [1.807, 2.05) is 0 Å². The first-order valence-corrected chi connectivity index (χ1v) is 14.4. The van der Waals surface area contributed by atoms with Crippen LogP contribution >= 0.6 is 11.6 Å². The van der Waals surface area contributed by atoms with Gasteiger partial charge in [0.2, 0.25) is 0 Å². The van der Waals surface area contributed by atoms with Gasteiger partial charge in [-0.2, -0.15) is 0 Å². The molecule has 0 unspecified atom stereocenters. The van der Waals surface area contributed by atoms with Gasteiger partial charge in [-0.3, -0.25) is 14.2 Å². The Morgan fingerprint density at radius 2 is 1.21 bits per heavy atom. The third-order valence-corrected chi connectivity index (χ3v) is 8.39. The molecule has 4 aromatic rings. The summed E-state index contributed by atoms with van der Waals surface area (Å²) in [5, 5.41) is 2.67. The molecule has 9 nitrogen and oxygen atoms in total. The lowest BCUT2D eigenvalue weighted by atomic mass is 10.2. The van der Waals surface area contributed by atoms with Crippen molar-refractivity contribution in [2.45, 2.75) is 9.79 Å². The number of nitrogens with one attached hydrogen (secondary N) is 3. The maximum absolute atomic E-state index is 12.8. The fourth-order valence-electron chi connectivity index (χ4n) is 3.37. The van der Waals surface area contributed by atoms with Crippen molar-refractivity contribution in [3.63, 3.8) is 0 Å². The maximum atomic E-state index is 12.8. The van der Waals surface area contributed by atoms with E-state index in [4.69, 9.17) is 16.3 Å². The SMILES string of the molecule is COc1ccc(NS(=O)(=O)c2ccc(NC(=O)c3ccc(NS(=O)(=O)c4ccccc4)cc3Cl)cc2)cc1. The van der Waals surface area contributed by atoms with Crippen LogP contribution in [0.3, 0.4) is 0 Å². The fourth-order valence-corrected chi connectivity index (χ4v) is 5.76. The first-order valence-electron chi connectivity index (χ1n) is 11.0. The third kappa shape index (κ3) is 6.43. The number of carbonyl (C=O) groups excluding carboxylic acids is 1. The Hall–Kier alpha value is -4.06.